The molecule has 1 heterocycles. The first-order valence-corrected chi connectivity index (χ1v) is 4.92. The Morgan fingerprint density at radius 2 is 2.27 bits per heavy atom. The third-order valence-corrected chi connectivity index (χ3v) is 2.52. The molecule has 0 bridgehead atoms. The Labute approximate surface area is 91.8 Å². The van der Waals surface area contributed by atoms with E-state index in [0.29, 0.717) is 23.1 Å². The number of rotatable bonds is 2. The lowest BCUT2D eigenvalue weighted by atomic mass is 10.2. The Morgan fingerprint density at radius 3 is 3.00 bits per heavy atom. The van der Waals surface area contributed by atoms with E-state index >= 15 is 0 Å². The zero-order valence-electron chi connectivity index (χ0n) is 8.18. The number of aryl methyl sites for hydroxylation is 1. The van der Waals surface area contributed by atoms with Gasteiger partial charge in [-0.2, -0.15) is 0 Å². The third kappa shape index (κ3) is 1.66. The minimum absolute atomic E-state index is 0.488. The van der Waals surface area contributed by atoms with Crippen molar-refractivity contribution >= 4 is 17.3 Å². The molecule has 15 heavy (non-hydrogen) atoms. The predicted octanol–water partition coefficient (Wildman–Crippen LogP) is 1.60. The molecule has 0 fully saturated rings. The molecule has 0 aliphatic carbocycles. The summed E-state index contributed by atoms with van der Waals surface area (Å²) in [4.78, 5) is 0. The molecule has 5 nitrogen and oxygen atoms in total. The summed E-state index contributed by atoms with van der Waals surface area (Å²) in [5, 5.41) is 11.9. The van der Waals surface area contributed by atoms with Crippen LogP contribution in [0, 0.1) is 0 Å². The number of nitrogens with two attached hydrogens (primary N) is 1. The third-order valence-electron chi connectivity index (χ3n) is 2.10. The summed E-state index contributed by atoms with van der Waals surface area (Å²) in [6.07, 6.45) is 0. The Kier molecular flexibility index (Phi) is 2.55. The Bertz CT molecular complexity index is 479. The number of halogens is 1. The van der Waals surface area contributed by atoms with E-state index in [-0.39, 0.29) is 0 Å². The van der Waals surface area contributed by atoms with Crippen molar-refractivity contribution in [2.45, 2.75) is 13.5 Å². The summed E-state index contributed by atoms with van der Waals surface area (Å²) in [6.45, 7) is 2.65. The van der Waals surface area contributed by atoms with Gasteiger partial charge in [-0.25, -0.2) is 4.68 Å². The molecule has 0 aliphatic rings. The average Bonchev–Trinajstić information content (AvgIpc) is 2.70. The van der Waals surface area contributed by atoms with Crippen LogP contribution < -0.4 is 5.73 Å². The second-order valence-electron chi connectivity index (χ2n) is 3.03. The molecule has 0 spiro atoms. The van der Waals surface area contributed by atoms with Gasteiger partial charge in [0.2, 0.25) is 0 Å². The largest absolute Gasteiger partial charge is 0.398 e. The van der Waals surface area contributed by atoms with Crippen LogP contribution in [0.1, 0.15) is 6.92 Å². The van der Waals surface area contributed by atoms with Crippen LogP contribution in [0.4, 0.5) is 5.69 Å². The number of hydrogen-bond donors (Lipinski definition) is 1. The van der Waals surface area contributed by atoms with Crippen LogP contribution in [0.3, 0.4) is 0 Å². The van der Waals surface area contributed by atoms with E-state index in [1.54, 1.807) is 10.7 Å². The summed E-state index contributed by atoms with van der Waals surface area (Å²) in [6, 6.07) is 5.41. The van der Waals surface area contributed by atoms with Crippen molar-refractivity contribution in [3.63, 3.8) is 0 Å². The summed E-state index contributed by atoms with van der Waals surface area (Å²) >= 11 is 6.08. The van der Waals surface area contributed by atoms with Gasteiger partial charge in [-0.05, 0) is 29.5 Å². The summed E-state index contributed by atoms with van der Waals surface area (Å²) in [5.74, 6) is 0.634. The molecule has 2 N–H and O–H groups in total. The summed E-state index contributed by atoms with van der Waals surface area (Å²) < 4.78 is 1.67. The van der Waals surface area contributed by atoms with E-state index in [0.717, 1.165) is 5.56 Å². The molecule has 78 valence electrons. The number of hydrogen-bond acceptors (Lipinski definition) is 4. The molecule has 2 aromatic rings. The molecule has 1 aromatic carbocycles. The van der Waals surface area contributed by atoms with Gasteiger partial charge in [0.25, 0.3) is 0 Å². The molecule has 0 atom stereocenters. The molecular formula is C9H10ClN5. The van der Waals surface area contributed by atoms with E-state index in [2.05, 4.69) is 15.5 Å². The van der Waals surface area contributed by atoms with Crippen molar-refractivity contribution in [3.8, 4) is 11.4 Å². The fourth-order valence-electron chi connectivity index (χ4n) is 1.33. The van der Waals surface area contributed by atoms with Gasteiger partial charge < -0.3 is 5.73 Å². The highest BCUT2D eigenvalue weighted by atomic mass is 35.5. The monoisotopic (exact) mass is 223 g/mol. The minimum atomic E-state index is 0.488. The molecule has 0 amide bonds. The number of aromatic nitrogens is 4. The van der Waals surface area contributed by atoms with Crippen LogP contribution in [0.25, 0.3) is 11.4 Å². The molecule has 0 saturated heterocycles. The molecule has 0 aliphatic heterocycles. The molecular weight excluding hydrogens is 214 g/mol. The molecule has 0 saturated carbocycles. The second kappa shape index (κ2) is 3.86. The van der Waals surface area contributed by atoms with E-state index in [1.807, 2.05) is 19.1 Å². The Balaban J connectivity index is 2.59. The van der Waals surface area contributed by atoms with Crippen molar-refractivity contribution in [1.29, 1.82) is 0 Å². The van der Waals surface area contributed by atoms with Gasteiger partial charge >= 0.3 is 0 Å². The Hall–Kier alpha value is -1.62. The van der Waals surface area contributed by atoms with Crippen molar-refractivity contribution in [3.05, 3.63) is 23.2 Å². The number of tetrazole rings is 1. The van der Waals surface area contributed by atoms with Crippen LogP contribution in [0.15, 0.2) is 18.2 Å². The van der Waals surface area contributed by atoms with Gasteiger partial charge in [0.15, 0.2) is 5.82 Å². The van der Waals surface area contributed by atoms with Gasteiger partial charge in [-0.3, -0.25) is 0 Å². The van der Waals surface area contributed by atoms with E-state index < -0.39 is 0 Å². The van der Waals surface area contributed by atoms with Gasteiger partial charge in [-0.15, -0.1) is 5.10 Å². The minimum Gasteiger partial charge on any atom is -0.398 e. The van der Waals surface area contributed by atoms with Crippen LogP contribution in [0.5, 0.6) is 0 Å². The molecule has 0 unspecified atom stereocenters. The van der Waals surface area contributed by atoms with Gasteiger partial charge in [-0.1, -0.05) is 17.7 Å². The molecule has 0 radical (unpaired) electrons. The predicted molar refractivity (Wildman–Crippen MR) is 58.3 cm³/mol. The van der Waals surface area contributed by atoms with E-state index in [9.17, 15) is 0 Å². The Morgan fingerprint density at radius 1 is 1.47 bits per heavy atom. The average molecular weight is 224 g/mol. The zero-order chi connectivity index (χ0) is 10.8. The lowest BCUT2D eigenvalue weighted by Gasteiger charge is -2.05. The van der Waals surface area contributed by atoms with Gasteiger partial charge in [0.1, 0.15) is 0 Å². The van der Waals surface area contributed by atoms with Crippen molar-refractivity contribution < 1.29 is 0 Å². The topological polar surface area (TPSA) is 69.6 Å². The molecule has 2 rings (SSSR count). The maximum absolute atomic E-state index is 6.08. The lowest BCUT2D eigenvalue weighted by Crippen LogP contribution is -2.00. The SMILES string of the molecule is CCn1nnnc1-c1cccc(N)c1Cl. The number of anilines is 1. The zero-order valence-corrected chi connectivity index (χ0v) is 8.94. The quantitative estimate of drug-likeness (QED) is 0.785. The van der Waals surface area contributed by atoms with Crippen LogP contribution in [-0.2, 0) is 6.54 Å². The smallest absolute Gasteiger partial charge is 0.183 e. The normalized spacial score (nSPS) is 10.5. The van der Waals surface area contributed by atoms with Crippen molar-refractivity contribution in [2.75, 3.05) is 5.73 Å². The highest BCUT2D eigenvalue weighted by Crippen LogP contribution is 2.30. The van der Waals surface area contributed by atoms with Crippen LogP contribution >= 0.6 is 11.6 Å². The number of benzene rings is 1. The van der Waals surface area contributed by atoms with Crippen LogP contribution in [0.2, 0.25) is 5.02 Å². The summed E-state index contributed by atoms with van der Waals surface area (Å²) in [5.41, 5.74) is 6.99. The van der Waals surface area contributed by atoms with Crippen molar-refractivity contribution in [2.24, 2.45) is 0 Å². The highest BCUT2D eigenvalue weighted by molar-refractivity contribution is 6.35. The fraction of sp³-hybridized carbons (Fsp3) is 0.222. The lowest BCUT2D eigenvalue weighted by molar-refractivity contribution is 0.631. The maximum atomic E-state index is 6.08. The summed E-state index contributed by atoms with van der Waals surface area (Å²) in [7, 11) is 0. The number of nitrogen functional groups attached to an aromatic ring is 1. The molecule has 6 heteroatoms. The van der Waals surface area contributed by atoms with Crippen LogP contribution in [-0.4, -0.2) is 20.2 Å². The van der Waals surface area contributed by atoms with Gasteiger partial charge in [0, 0.05) is 12.1 Å². The first-order valence-electron chi connectivity index (χ1n) is 4.54. The second-order valence-corrected chi connectivity index (χ2v) is 3.41. The first-order chi connectivity index (χ1) is 7.24. The highest BCUT2D eigenvalue weighted by Gasteiger charge is 2.12. The van der Waals surface area contributed by atoms with E-state index in [1.165, 1.54) is 0 Å². The van der Waals surface area contributed by atoms with E-state index in [4.69, 9.17) is 17.3 Å². The van der Waals surface area contributed by atoms with Gasteiger partial charge in [0.05, 0.1) is 10.7 Å². The first kappa shape index (κ1) is 9.92. The number of nitrogens with zero attached hydrogens (tertiary/aromatic N) is 4. The van der Waals surface area contributed by atoms with Crippen molar-refractivity contribution in [1.82, 2.24) is 20.2 Å². The standard InChI is InChI=1S/C9H10ClN5/c1-2-15-9(12-13-14-15)6-4-3-5-7(11)8(6)10/h3-5H,2,11H2,1H3. The molecule has 1 aromatic heterocycles. The fourth-order valence-corrected chi connectivity index (χ4v) is 1.54. The maximum Gasteiger partial charge on any atom is 0.183 e.